The van der Waals surface area contributed by atoms with Crippen LogP contribution in [0, 0.1) is 0 Å². The first kappa shape index (κ1) is 12.6. The highest BCUT2D eigenvalue weighted by molar-refractivity contribution is 9.10. The second-order valence-corrected chi connectivity index (χ2v) is 5.16. The number of rotatable bonds is 5. The van der Waals surface area contributed by atoms with Gasteiger partial charge in [-0.3, -0.25) is 4.79 Å². The molecule has 0 aliphatic heterocycles. The van der Waals surface area contributed by atoms with Gasteiger partial charge in [0.25, 0.3) is 5.91 Å². The third-order valence-electron chi connectivity index (χ3n) is 2.02. The van der Waals surface area contributed by atoms with Crippen molar-refractivity contribution in [2.45, 2.75) is 6.42 Å². The Morgan fingerprint density at radius 1 is 1.67 bits per heavy atom. The molecule has 0 aliphatic carbocycles. The molecular weight excluding hydrogens is 276 g/mol. The minimum atomic E-state index is -0.00990. The van der Waals surface area contributed by atoms with E-state index < -0.39 is 0 Å². The number of aryl methyl sites for hydroxylation is 1. The first-order valence-corrected chi connectivity index (χ1v) is 6.93. The number of carbonyl (C=O) groups is 1. The molecule has 1 rings (SSSR count). The van der Waals surface area contributed by atoms with Crippen LogP contribution in [0.3, 0.4) is 0 Å². The summed E-state index contributed by atoms with van der Waals surface area (Å²) in [6.07, 6.45) is 4.95. The van der Waals surface area contributed by atoms with Crippen LogP contribution in [0.5, 0.6) is 0 Å². The lowest BCUT2D eigenvalue weighted by Gasteiger charge is -2.04. The van der Waals surface area contributed by atoms with Gasteiger partial charge < -0.3 is 9.88 Å². The zero-order chi connectivity index (χ0) is 11.3. The molecule has 0 saturated heterocycles. The lowest BCUT2D eigenvalue weighted by Crippen LogP contribution is -2.26. The highest BCUT2D eigenvalue weighted by Crippen LogP contribution is 2.13. The maximum absolute atomic E-state index is 11.7. The van der Waals surface area contributed by atoms with Gasteiger partial charge >= 0.3 is 0 Å². The summed E-state index contributed by atoms with van der Waals surface area (Å²) in [4.78, 5) is 11.7. The van der Waals surface area contributed by atoms with Gasteiger partial charge in [0.1, 0.15) is 5.69 Å². The standard InChI is InChI=1S/C10H15BrN2OS/c1-13-7-8(11)6-9(13)10(14)12-4-3-5-15-2/h6-7H,3-5H2,1-2H3,(H,12,14). The smallest absolute Gasteiger partial charge is 0.267 e. The van der Waals surface area contributed by atoms with Gasteiger partial charge in [0.2, 0.25) is 0 Å². The molecule has 0 aromatic carbocycles. The van der Waals surface area contributed by atoms with Crippen molar-refractivity contribution in [1.82, 2.24) is 9.88 Å². The highest BCUT2D eigenvalue weighted by atomic mass is 79.9. The van der Waals surface area contributed by atoms with Crippen molar-refractivity contribution in [3.8, 4) is 0 Å². The second kappa shape index (κ2) is 6.23. The summed E-state index contributed by atoms with van der Waals surface area (Å²) in [5.41, 5.74) is 0.686. The number of hydrogen-bond acceptors (Lipinski definition) is 2. The molecule has 15 heavy (non-hydrogen) atoms. The predicted octanol–water partition coefficient (Wildman–Crippen LogP) is 2.27. The Morgan fingerprint density at radius 2 is 2.40 bits per heavy atom. The van der Waals surface area contributed by atoms with Gasteiger partial charge in [-0.2, -0.15) is 11.8 Å². The molecule has 0 saturated carbocycles. The van der Waals surface area contributed by atoms with E-state index in [1.54, 1.807) is 11.8 Å². The van der Waals surface area contributed by atoms with Gasteiger partial charge in [-0.25, -0.2) is 0 Å². The van der Waals surface area contributed by atoms with Crippen LogP contribution in [0.25, 0.3) is 0 Å². The number of carbonyl (C=O) groups excluding carboxylic acids is 1. The fourth-order valence-corrected chi connectivity index (χ4v) is 2.22. The van der Waals surface area contributed by atoms with Gasteiger partial charge in [0.15, 0.2) is 0 Å². The summed E-state index contributed by atoms with van der Waals surface area (Å²) < 4.78 is 2.74. The lowest BCUT2D eigenvalue weighted by atomic mass is 10.4. The summed E-state index contributed by atoms with van der Waals surface area (Å²) in [5.74, 6) is 1.07. The van der Waals surface area contributed by atoms with Crippen LogP contribution in [0.2, 0.25) is 0 Å². The second-order valence-electron chi connectivity index (χ2n) is 3.26. The summed E-state index contributed by atoms with van der Waals surface area (Å²) in [7, 11) is 1.86. The van der Waals surface area contributed by atoms with E-state index in [2.05, 4.69) is 27.5 Å². The van der Waals surface area contributed by atoms with Crippen molar-refractivity contribution in [3.05, 3.63) is 22.4 Å². The first-order chi connectivity index (χ1) is 7.15. The zero-order valence-electron chi connectivity index (χ0n) is 8.92. The SMILES string of the molecule is CSCCCNC(=O)c1cc(Br)cn1C. The molecule has 0 bridgehead atoms. The van der Waals surface area contributed by atoms with Gasteiger partial charge in [-0.1, -0.05) is 0 Å². The molecule has 0 fully saturated rings. The van der Waals surface area contributed by atoms with Crippen LogP contribution in [0.1, 0.15) is 16.9 Å². The summed E-state index contributed by atoms with van der Waals surface area (Å²) in [5, 5.41) is 2.89. The lowest BCUT2D eigenvalue weighted by molar-refractivity contribution is 0.0945. The van der Waals surface area contributed by atoms with E-state index >= 15 is 0 Å². The Bertz CT molecular complexity index is 338. The molecule has 1 aromatic heterocycles. The number of hydrogen-bond donors (Lipinski definition) is 1. The van der Waals surface area contributed by atoms with E-state index in [4.69, 9.17) is 0 Å². The minimum absolute atomic E-state index is 0.00990. The van der Waals surface area contributed by atoms with Gasteiger partial charge in [0.05, 0.1) is 0 Å². The van der Waals surface area contributed by atoms with Gasteiger partial charge in [0, 0.05) is 24.3 Å². The van der Waals surface area contributed by atoms with Crippen molar-refractivity contribution in [1.29, 1.82) is 0 Å². The Morgan fingerprint density at radius 3 is 2.93 bits per heavy atom. The molecule has 3 nitrogen and oxygen atoms in total. The van der Waals surface area contributed by atoms with Gasteiger partial charge in [-0.15, -0.1) is 0 Å². The van der Waals surface area contributed by atoms with Crippen LogP contribution in [-0.4, -0.2) is 29.0 Å². The zero-order valence-corrected chi connectivity index (χ0v) is 11.3. The normalized spacial score (nSPS) is 10.3. The topological polar surface area (TPSA) is 34.0 Å². The fourth-order valence-electron chi connectivity index (χ4n) is 1.26. The van der Waals surface area contributed by atoms with Crippen molar-refractivity contribution in [2.24, 2.45) is 7.05 Å². The van der Waals surface area contributed by atoms with Gasteiger partial charge in [-0.05, 0) is 40.4 Å². The molecular formula is C10H15BrN2OS. The average molecular weight is 291 g/mol. The molecule has 0 spiro atoms. The van der Waals surface area contributed by atoms with E-state index in [1.165, 1.54) is 0 Å². The Labute approximate surface area is 103 Å². The Kier molecular flexibility index (Phi) is 5.25. The van der Waals surface area contributed by atoms with Crippen LogP contribution < -0.4 is 5.32 Å². The van der Waals surface area contributed by atoms with Crippen LogP contribution in [0.4, 0.5) is 0 Å². The van der Waals surface area contributed by atoms with Crippen molar-refractivity contribution < 1.29 is 4.79 Å². The number of nitrogens with one attached hydrogen (secondary N) is 1. The van der Waals surface area contributed by atoms with E-state index in [-0.39, 0.29) is 5.91 Å². The molecule has 1 heterocycles. The molecule has 0 unspecified atom stereocenters. The number of aromatic nitrogens is 1. The third kappa shape index (κ3) is 3.91. The predicted molar refractivity (Wildman–Crippen MR) is 68.4 cm³/mol. The van der Waals surface area contributed by atoms with E-state index in [9.17, 15) is 4.79 Å². The largest absolute Gasteiger partial charge is 0.351 e. The first-order valence-electron chi connectivity index (χ1n) is 4.74. The molecule has 84 valence electrons. The molecule has 0 radical (unpaired) electrons. The fraction of sp³-hybridized carbons (Fsp3) is 0.500. The van der Waals surface area contributed by atoms with E-state index in [0.717, 1.165) is 23.2 Å². The average Bonchev–Trinajstić information content (AvgIpc) is 2.52. The number of amides is 1. The Balaban J connectivity index is 2.43. The summed E-state index contributed by atoms with van der Waals surface area (Å²) >= 11 is 5.13. The van der Waals surface area contributed by atoms with Crippen LogP contribution >= 0.6 is 27.7 Å². The number of halogens is 1. The monoisotopic (exact) mass is 290 g/mol. The maximum Gasteiger partial charge on any atom is 0.267 e. The van der Waals surface area contributed by atoms with Crippen molar-refractivity contribution >= 4 is 33.6 Å². The van der Waals surface area contributed by atoms with E-state index in [0.29, 0.717) is 5.69 Å². The number of thioether (sulfide) groups is 1. The molecule has 1 aromatic rings. The maximum atomic E-state index is 11.7. The van der Waals surface area contributed by atoms with Crippen molar-refractivity contribution in [2.75, 3.05) is 18.6 Å². The quantitative estimate of drug-likeness (QED) is 0.844. The minimum Gasteiger partial charge on any atom is -0.351 e. The van der Waals surface area contributed by atoms with Crippen LogP contribution in [0.15, 0.2) is 16.7 Å². The number of nitrogens with zero attached hydrogens (tertiary/aromatic N) is 1. The van der Waals surface area contributed by atoms with Crippen LogP contribution in [-0.2, 0) is 7.05 Å². The Hall–Kier alpha value is -0.420. The third-order valence-corrected chi connectivity index (χ3v) is 3.15. The molecule has 1 N–H and O–H groups in total. The summed E-state index contributed by atoms with van der Waals surface area (Å²) in [6, 6.07) is 1.82. The molecule has 0 aliphatic rings. The van der Waals surface area contributed by atoms with E-state index in [1.807, 2.05) is 23.9 Å². The highest BCUT2D eigenvalue weighted by Gasteiger charge is 2.09. The molecule has 0 atom stereocenters. The van der Waals surface area contributed by atoms with Crippen molar-refractivity contribution in [3.63, 3.8) is 0 Å². The molecule has 1 amide bonds. The molecule has 5 heteroatoms. The summed E-state index contributed by atoms with van der Waals surface area (Å²) in [6.45, 7) is 0.739.